The van der Waals surface area contributed by atoms with Crippen LogP contribution < -0.4 is 5.32 Å². The highest BCUT2D eigenvalue weighted by atomic mass is 32.2. The lowest BCUT2D eigenvalue weighted by atomic mass is 10.0. The molecule has 0 aliphatic rings. The van der Waals surface area contributed by atoms with Gasteiger partial charge < -0.3 is 9.47 Å². The standard InChI is InChI=1S/C28H29N3O5S2/c1-35-18-16-31(17-19-36-2)38(33,34)25-14-12-24(13-15-25)27(32)30-28-29-26(20-37-28)23-10-8-22(9-11-23)21-6-4-3-5-7-21/h3-15,20H,16-19H2,1-2H3,(H,29,30,32). The first-order valence-electron chi connectivity index (χ1n) is 11.9. The molecule has 198 valence electrons. The van der Waals surface area contributed by atoms with Crippen LogP contribution in [0.2, 0.25) is 0 Å². The van der Waals surface area contributed by atoms with E-state index in [9.17, 15) is 13.2 Å². The van der Waals surface area contributed by atoms with Gasteiger partial charge in [-0.05, 0) is 35.4 Å². The Kier molecular flexibility index (Phi) is 9.38. The van der Waals surface area contributed by atoms with E-state index >= 15 is 0 Å². The van der Waals surface area contributed by atoms with Crippen molar-refractivity contribution in [3.63, 3.8) is 0 Å². The van der Waals surface area contributed by atoms with Gasteiger partial charge in [0.05, 0.1) is 23.8 Å². The summed E-state index contributed by atoms with van der Waals surface area (Å²) in [6.45, 7) is 0.921. The highest BCUT2D eigenvalue weighted by Crippen LogP contribution is 2.28. The van der Waals surface area contributed by atoms with Crippen LogP contribution in [-0.2, 0) is 19.5 Å². The number of aromatic nitrogens is 1. The first-order valence-corrected chi connectivity index (χ1v) is 14.2. The molecule has 10 heteroatoms. The molecule has 0 saturated heterocycles. The van der Waals surface area contributed by atoms with Gasteiger partial charge in [0.15, 0.2) is 5.13 Å². The van der Waals surface area contributed by atoms with Gasteiger partial charge in [-0.15, -0.1) is 11.3 Å². The molecule has 1 amide bonds. The Bertz CT molecular complexity index is 1430. The van der Waals surface area contributed by atoms with Crippen molar-refractivity contribution in [1.82, 2.24) is 9.29 Å². The molecule has 3 aromatic carbocycles. The number of nitrogens with one attached hydrogen (secondary N) is 1. The third-order valence-electron chi connectivity index (χ3n) is 5.86. The third-order valence-corrected chi connectivity index (χ3v) is 8.53. The molecular formula is C28H29N3O5S2. The normalized spacial score (nSPS) is 11.6. The number of thiazole rings is 1. The maximum absolute atomic E-state index is 13.1. The number of carbonyl (C=O) groups is 1. The van der Waals surface area contributed by atoms with Gasteiger partial charge in [0.1, 0.15) is 0 Å². The van der Waals surface area contributed by atoms with Crippen LogP contribution in [0.3, 0.4) is 0 Å². The first-order chi connectivity index (χ1) is 18.4. The van der Waals surface area contributed by atoms with Gasteiger partial charge in [-0.2, -0.15) is 4.31 Å². The van der Waals surface area contributed by atoms with Gasteiger partial charge >= 0.3 is 0 Å². The van der Waals surface area contributed by atoms with Gasteiger partial charge in [0.25, 0.3) is 5.91 Å². The van der Waals surface area contributed by atoms with Crippen LogP contribution in [0.4, 0.5) is 5.13 Å². The number of nitrogens with zero attached hydrogens (tertiary/aromatic N) is 2. The van der Waals surface area contributed by atoms with Crippen molar-refractivity contribution in [3.05, 3.63) is 89.8 Å². The molecule has 0 aliphatic carbocycles. The van der Waals surface area contributed by atoms with E-state index in [0.717, 1.165) is 22.4 Å². The van der Waals surface area contributed by atoms with E-state index in [2.05, 4.69) is 22.4 Å². The first kappa shape index (κ1) is 27.6. The lowest BCUT2D eigenvalue weighted by Crippen LogP contribution is -2.36. The monoisotopic (exact) mass is 551 g/mol. The van der Waals surface area contributed by atoms with E-state index in [4.69, 9.17) is 9.47 Å². The lowest BCUT2D eigenvalue weighted by Gasteiger charge is -2.21. The largest absolute Gasteiger partial charge is 0.383 e. The molecule has 38 heavy (non-hydrogen) atoms. The number of hydrogen-bond acceptors (Lipinski definition) is 7. The minimum Gasteiger partial charge on any atom is -0.383 e. The summed E-state index contributed by atoms with van der Waals surface area (Å²) in [6, 6.07) is 24.1. The van der Waals surface area contributed by atoms with Crippen LogP contribution in [0.5, 0.6) is 0 Å². The second-order valence-corrected chi connectivity index (χ2v) is 11.1. The van der Waals surface area contributed by atoms with Gasteiger partial charge in [-0.3, -0.25) is 10.1 Å². The highest BCUT2D eigenvalue weighted by Gasteiger charge is 2.24. The van der Waals surface area contributed by atoms with Crippen molar-refractivity contribution in [3.8, 4) is 22.4 Å². The van der Waals surface area contributed by atoms with Crippen LogP contribution in [0.15, 0.2) is 89.1 Å². The zero-order valence-electron chi connectivity index (χ0n) is 21.2. The van der Waals surface area contributed by atoms with Gasteiger partial charge in [-0.25, -0.2) is 13.4 Å². The molecule has 0 unspecified atom stereocenters. The average Bonchev–Trinajstić information content (AvgIpc) is 3.42. The summed E-state index contributed by atoms with van der Waals surface area (Å²) >= 11 is 1.33. The number of rotatable bonds is 12. The van der Waals surface area contributed by atoms with Crippen molar-refractivity contribution >= 4 is 32.4 Å². The molecule has 1 N–H and O–H groups in total. The summed E-state index contributed by atoms with van der Waals surface area (Å²) in [4.78, 5) is 17.4. The summed E-state index contributed by atoms with van der Waals surface area (Å²) in [5.74, 6) is -0.370. The Labute approximate surface area is 226 Å². The Balaban J connectivity index is 1.42. The smallest absolute Gasteiger partial charge is 0.257 e. The fraction of sp³-hybridized carbons (Fsp3) is 0.214. The number of benzene rings is 3. The Morgan fingerprint density at radius 2 is 1.42 bits per heavy atom. The summed E-state index contributed by atoms with van der Waals surface area (Å²) in [5, 5.41) is 5.14. The van der Waals surface area contributed by atoms with Crippen molar-refractivity contribution in [2.24, 2.45) is 0 Å². The van der Waals surface area contributed by atoms with E-state index in [-0.39, 0.29) is 37.1 Å². The summed E-state index contributed by atoms with van der Waals surface area (Å²) in [6.07, 6.45) is 0. The molecule has 0 radical (unpaired) electrons. The number of ether oxygens (including phenoxy) is 2. The molecule has 8 nitrogen and oxygen atoms in total. The minimum absolute atomic E-state index is 0.0942. The predicted molar refractivity (Wildman–Crippen MR) is 150 cm³/mol. The Morgan fingerprint density at radius 1 is 0.842 bits per heavy atom. The molecule has 4 rings (SSSR count). The van der Waals surface area contributed by atoms with E-state index < -0.39 is 10.0 Å². The minimum atomic E-state index is -3.76. The number of methoxy groups -OCH3 is 2. The second-order valence-electron chi connectivity index (χ2n) is 8.35. The third kappa shape index (κ3) is 6.72. The molecule has 1 heterocycles. The lowest BCUT2D eigenvalue weighted by molar-refractivity contribution is 0.102. The molecule has 4 aromatic rings. The number of carbonyl (C=O) groups excluding carboxylic acids is 1. The molecule has 0 bridgehead atoms. The van der Waals surface area contributed by atoms with Crippen LogP contribution in [-0.4, -0.2) is 64.1 Å². The number of amides is 1. The van der Waals surface area contributed by atoms with Crippen LogP contribution >= 0.6 is 11.3 Å². The van der Waals surface area contributed by atoms with Gasteiger partial charge in [-0.1, -0.05) is 54.6 Å². The fourth-order valence-corrected chi connectivity index (χ4v) is 5.89. The van der Waals surface area contributed by atoms with Crippen molar-refractivity contribution in [1.29, 1.82) is 0 Å². The fourth-order valence-electron chi connectivity index (χ4n) is 3.76. The average molecular weight is 552 g/mol. The molecule has 1 aromatic heterocycles. The highest BCUT2D eigenvalue weighted by molar-refractivity contribution is 7.89. The van der Waals surface area contributed by atoms with E-state index in [1.165, 1.54) is 54.1 Å². The summed E-state index contributed by atoms with van der Waals surface area (Å²) in [7, 11) is -0.733. The van der Waals surface area contributed by atoms with Crippen molar-refractivity contribution in [2.75, 3.05) is 45.8 Å². The van der Waals surface area contributed by atoms with Gasteiger partial charge in [0, 0.05) is 43.8 Å². The quantitative estimate of drug-likeness (QED) is 0.266. The Hall–Kier alpha value is -3.41. The summed E-state index contributed by atoms with van der Waals surface area (Å²) in [5.41, 5.74) is 4.29. The molecular weight excluding hydrogens is 522 g/mol. The maximum atomic E-state index is 13.1. The van der Waals surface area contributed by atoms with Crippen LogP contribution in [0.1, 0.15) is 10.4 Å². The van der Waals surface area contributed by atoms with E-state index in [1.54, 1.807) is 0 Å². The number of anilines is 1. The SMILES string of the molecule is COCCN(CCOC)S(=O)(=O)c1ccc(C(=O)Nc2nc(-c3ccc(-c4ccccc4)cc3)cs2)cc1. The maximum Gasteiger partial charge on any atom is 0.257 e. The van der Waals surface area contributed by atoms with Gasteiger partial charge in [0.2, 0.25) is 10.0 Å². The number of sulfonamides is 1. The predicted octanol–water partition coefficient (Wildman–Crippen LogP) is 5.01. The topological polar surface area (TPSA) is 97.8 Å². The van der Waals surface area contributed by atoms with E-state index in [0.29, 0.717) is 10.7 Å². The van der Waals surface area contributed by atoms with E-state index in [1.807, 2.05) is 47.8 Å². The zero-order chi connectivity index (χ0) is 27.0. The molecule has 0 spiro atoms. The summed E-state index contributed by atoms with van der Waals surface area (Å²) < 4.78 is 37.5. The van der Waals surface area contributed by atoms with Crippen LogP contribution in [0.25, 0.3) is 22.4 Å². The molecule has 0 saturated carbocycles. The molecule has 0 fully saturated rings. The van der Waals surface area contributed by atoms with Crippen molar-refractivity contribution < 1.29 is 22.7 Å². The molecule has 0 atom stereocenters. The van der Waals surface area contributed by atoms with Crippen molar-refractivity contribution in [2.45, 2.75) is 4.90 Å². The van der Waals surface area contributed by atoms with Crippen LogP contribution in [0, 0.1) is 0 Å². The Morgan fingerprint density at radius 3 is 2.03 bits per heavy atom. The zero-order valence-corrected chi connectivity index (χ0v) is 22.8. The second kappa shape index (κ2) is 12.9. The number of hydrogen-bond donors (Lipinski definition) is 1. The molecule has 0 aliphatic heterocycles.